The summed E-state index contributed by atoms with van der Waals surface area (Å²) in [6, 6.07) is 6.36. The normalized spacial score (nSPS) is 23.8. The molecule has 1 spiro atoms. The molecule has 264 valence electrons. The number of nitriles is 1. The number of likely N-dealkylation sites (tertiary alicyclic amines) is 1. The molecule has 4 atom stereocenters. The Hall–Kier alpha value is -4.58. The van der Waals surface area contributed by atoms with E-state index in [-0.39, 0.29) is 17.7 Å². The number of nitrogens with zero attached hydrogens (tertiary/aromatic N) is 8. The van der Waals surface area contributed by atoms with Crippen molar-refractivity contribution < 1.29 is 14.0 Å². The van der Waals surface area contributed by atoms with E-state index >= 15 is 0 Å². The number of nitrogens with two attached hydrogens (primary N) is 1. The molecule has 0 amide bonds. The van der Waals surface area contributed by atoms with Crippen molar-refractivity contribution in [3.63, 3.8) is 0 Å². The van der Waals surface area contributed by atoms with Gasteiger partial charge in [-0.1, -0.05) is 5.16 Å². The van der Waals surface area contributed by atoms with Crippen LogP contribution in [0.3, 0.4) is 0 Å². The predicted molar refractivity (Wildman–Crippen MR) is 191 cm³/mol. The van der Waals surface area contributed by atoms with Crippen molar-refractivity contribution in [3.8, 4) is 29.3 Å². The van der Waals surface area contributed by atoms with Crippen LogP contribution < -0.4 is 16.0 Å². The van der Waals surface area contributed by atoms with E-state index in [0.29, 0.717) is 58.4 Å². The minimum atomic E-state index is -0.464. The van der Waals surface area contributed by atoms with Crippen LogP contribution in [0, 0.1) is 17.2 Å². The van der Waals surface area contributed by atoms with E-state index in [1.54, 1.807) is 15.3 Å². The van der Waals surface area contributed by atoms with Gasteiger partial charge in [-0.15, -0.1) is 11.3 Å². The fourth-order valence-corrected chi connectivity index (χ4v) is 10.2. The standard InChI is InChI=1S/C37H41N9O4S/c1-21(26-7-5-13-44(26)2)49-29-16-28(46-19-23-9-14-45(36(47)31(23)42-46)18-22-10-15-48-20-22)40-35(41-29)32-24-6-3-11-37(33(24)50-43-32)12-4-8-27-30(37)25(17-38)34(39)51-27/h9,14,16,19,21-22,26H,3-8,10-13,15,18,20,39H2,1-2H3/t21-,22+,26-,37-/m0/s1. The second kappa shape index (κ2) is 12.6. The molecule has 14 heteroatoms. The molecule has 0 aromatic carbocycles. The maximum atomic E-state index is 13.6. The molecule has 13 nitrogen and oxygen atoms in total. The second-order valence-corrected chi connectivity index (χ2v) is 15.8. The SMILES string of the molecule is C[C@H](Oc1cc(-n2cc3ccn(C[C@H]4CCOC4)c(=O)c3n2)nc(-c2noc3c2CCC[C@@]32CCCc3sc(N)c(C#N)c32)n1)[C@@H]1CCCN1C. The molecule has 5 aromatic heterocycles. The summed E-state index contributed by atoms with van der Waals surface area (Å²) in [5.41, 5.74) is 9.26. The minimum Gasteiger partial charge on any atom is -0.473 e. The Morgan fingerprint density at radius 2 is 2.08 bits per heavy atom. The van der Waals surface area contributed by atoms with Crippen LogP contribution in [-0.4, -0.2) is 73.3 Å². The van der Waals surface area contributed by atoms with E-state index < -0.39 is 5.41 Å². The van der Waals surface area contributed by atoms with E-state index in [1.807, 2.05) is 18.5 Å². The van der Waals surface area contributed by atoms with Gasteiger partial charge in [0, 0.05) is 59.4 Å². The van der Waals surface area contributed by atoms with Gasteiger partial charge < -0.3 is 24.3 Å². The molecular formula is C37H41N9O4S. The lowest BCUT2D eigenvalue weighted by molar-refractivity contribution is 0.117. The zero-order valence-electron chi connectivity index (χ0n) is 28.9. The number of anilines is 1. The van der Waals surface area contributed by atoms with Crippen molar-refractivity contribution in [2.24, 2.45) is 5.92 Å². The van der Waals surface area contributed by atoms with Crippen molar-refractivity contribution in [1.82, 2.24) is 34.4 Å². The van der Waals surface area contributed by atoms with E-state index in [2.05, 4.69) is 30.1 Å². The Bertz CT molecular complexity index is 2240. The third-order valence-corrected chi connectivity index (χ3v) is 12.6. The number of fused-ring (bicyclic) bond motifs is 5. The van der Waals surface area contributed by atoms with Crippen molar-refractivity contribution in [3.05, 3.63) is 62.2 Å². The molecule has 2 fully saturated rings. The molecule has 51 heavy (non-hydrogen) atoms. The average Bonchev–Trinajstić information content (AvgIpc) is 3.97. The summed E-state index contributed by atoms with van der Waals surface area (Å²) in [7, 11) is 2.13. The number of thiophene rings is 1. The third-order valence-electron chi connectivity index (χ3n) is 11.5. The molecule has 0 radical (unpaired) electrons. The van der Waals surface area contributed by atoms with Gasteiger partial charge in [-0.05, 0) is 89.9 Å². The highest BCUT2D eigenvalue weighted by atomic mass is 32.1. The lowest BCUT2D eigenvalue weighted by atomic mass is 9.63. The van der Waals surface area contributed by atoms with Gasteiger partial charge in [0.15, 0.2) is 28.6 Å². The number of rotatable bonds is 7. The van der Waals surface area contributed by atoms with Crippen LogP contribution >= 0.6 is 11.3 Å². The van der Waals surface area contributed by atoms with E-state index in [4.69, 9.17) is 34.8 Å². The first-order chi connectivity index (χ1) is 24.8. The number of ether oxygens (including phenoxy) is 2. The van der Waals surface area contributed by atoms with Crippen molar-refractivity contribution in [2.75, 3.05) is 32.5 Å². The van der Waals surface area contributed by atoms with Crippen molar-refractivity contribution >= 4 is 27.2 Å². The van der Waals surface area contributed by atoms with Gasteiger partial charge in [0.2, 0.25) is 5.88 Å². The predicted octanol–water partition coefficient (Wildman–Crippen LogP) is 5.00. The molecular weight excluding hydrogens is 667 g/mol. The van der Waals surface area contributed by atoms with Crippen LogP contribution in [0.1, 0.15) is 79.2 Å². The number of aryl methyl sites for hydroxylation is 1. The summed E-state index contributed by atoms with van der Waals surface area (Å²) in [4.78, 5) is 27.0. The Morgan fingerprint density at radius 1 is 1.22 bits per heavy atom. The molecule has 2 N–H and O–H groups in total. The quantitative estimate of drug-likeness (QED) is 0.242. The molecule has 7 heterocycles. The Kier molecular flexibility index (Phi) is 7.97. The largest absolute Gasteiger partial charge is 0.473 e. The first kappa shape index (κ1) is 32.3. The summed E-state index contributed by atoms with van der Waals surface area (Å²) < 4.78 is 21.8. The summed E-state index contributed by atoms with van der Waals surface area (Å²) >= 11 is 1.53. The number of nitrogen functional groups attached to an aromatic ring is 1. The first-order valence-electron chi connectivity index (χ1n) is 18.1. The number of pyridine rings is 1. The van der Waals surface area contributed by atoms with Gasteiger partial charge in [0.1, 0.15) is 17.2 Å². The lowest BCUT2D eigenvalue weighted by Crippen LogP contribution is -2.38. The maximum absolute atomic E-state index is 13.6. The molecule has 2 aliphatic carbocycles. The Morgan fingerprint density at radius 3 is 2.86 bits per heavy atom. The third kappa shape index (κ3) is 5.36. The molecule has 9 rings (SSSR count). The van der Waals surface area contributed by atoms with Crippen molar-refractivity contribution in [2.45, 2.75) is 88.8 Å². The molecule has 0 saturated carbocycles. The van der Waals surface area contributed by atoms with Gasteiger partial charge in [0.25, 0.3) is 5.56 Å². The van der Waals surface area contributed by atoms with E-state index in [9.17, 15) is 10.1 Å². The fraction of sp³-hybridized carbons (Fsp3) is 0.514. The molecule has 2 saturated heterocycles. The molecule has 0 bridgehead atoms. The molecule has 0 unspecified atom stereocenters. The maximum Gasteiger partial charge on any atom is 0.278 e. The van der Waals surface area contributed by atoms with E-state index in [1.165, 1.54) is 16.2 Å². The fourth-order valence-electron chi connectivity index (χ4n) is 9.03. The van der Waals surface area contributed by atoms with Gasteiger partial charge in [0.05, 0.1) is 17.6 Å². The Labute approximate surface area is 299 Å². The zero-order valence-corrected chi connectivity index (χ0v) is 29.7. The number of likely N-dealkylation sites (N-methyl/N-ethyl adjacent to an activating group) is 1. The van der Waals surface area contributed by atoms with Crippen LogP contribution in [0.25, 0.3) is 28.2 Å². The Balaban J connectivity index is 1.14. The first-order valence-corrected chi connectivity index (χ1v) is 18.9. The zero-order chi connectivity index (χ0) is 34.9. The second-order valence-electron chi connectivity index (χ2n) is 14.7. The minimum absolute atomic E-state index is 0.125. The van der Waals surface area contributed by atoms with E-state index in [0.717, 1.165) is 93.2 Å². The topological polar surface area (TPSA) is 163 Å². The van der Waals surface area contributed by atoms with Crippen LogP contribution in [0.4, 0.5) is 5.00 Å². The number of aromatic nitrogens is 6. The van der Waals surface area contributed by atoms with Gasteiger partial charge in [-0.25, -0.2) is 9.67 Å². The van der Waals surface area contributed by atoms with Crippen LogP contribution in [0.2, 0.25) is 0 Å². The smallest absolute Gasteiger partial charge is 0.278 e. The summed E-state index contributed by atoms with van der Waals surface area (Å²) in [5, 5.41) is 20.9. The van der Waals surface area contributed by atoms with Gasteiger partial charge in [-0.2, -0.15) is 15.3 Å². The van der Waals surface area contributed by atoms with Crippen LogP contribution in [0.15, 0.2) is 33.8 Å². The highest BCUT2D eigenvalue weighted by molar-refractivity contribution is 7.16. The summed E-state index contributed by atoms with van der Waals surface area (Å²) in [6.07, 6.45) is 11.9. The monoisotopic (exact) mass is 707 g/mol. The molecule has 4 aliphatic rings. The van der Waals surface area contributed by atoms with Gasteiger partial charge in [-0.3, -0.25) is 9.69 Å². The number of hydrogen-bond donors (Lipinski definition) is 1. The highest BCUT2D eigenvalue weighted by Crippen LogP contribution is 2.55. The van der Waals surface area contributed by atoms with Gasteiger partial charge >= 0.3 is 0 Å². The van der Waals surface area contributed by atoms with Crippen molar-refractivity contribution in [1.29, 1.82) is 5.26 Å². The summed E-state index contributed by atoms with van der Waals surface area (Å²) in [5.74, 6) is 2.34. The number of hydrogen-bond acceptors (Lipinski definition) is 12. The average molecular weight is 708 g/mol. The molecule has 5 aromatic rings. The van der Waals surface area contributed by atoms with Crippen LogP contribution in [0.5, 0.6) is 5.88 Å². The lowest BCUT2D eigenvalue weighted by Gasteiger charge is -2.39. The highest BCUT2D eigenvalue weighted by Gasteiger charge is 2.49. The summed E-state index contributed by atoms with van der Waals surface area (Å²) in [6.45, 7) is 5.10. The molecule has 2 aliphatic heterocycles. The van der Waals surface area contributed by atoms with Crippen LogP contribution in [-0.2, 0) is 29.5 Å².